The molecule has 10 heteroatoms. The van der Waals surface area contributed by atoms with Crippen molar-refractivity contribution in [2.75, 3.05) is 13.4 Å². The van der Waals surface area contributed by atoms with E-state index in [0.29, 0.717) is 37.1 Å². The van der Waals surface area contributed by atoms with Gasteiger partial charge in [0.15, 0.2) is 16.3 Å². The summed E-state index contributed by atoms with van der Waals surface area (Å²) in [6.07, 6.45) is 1.77. The van der Waals surface area contributed by atoms with E-state index in [1.807, 2.05) is 12.1 Å². The Balaban J connectivity index is 1.73. The topological polar surface area (TPSA) is 79.1 Å². The van der Waals surface area contributed by atoms with Gasteiger partial charge in [-0.15, -0.1) is 0 Å². The summed E-state index contributed by atoms with van der Waals surface area (Å²) in [5.41, 5.74) is 1.87. The number of ether oxygens (including phenoxy) is 3. The Kier molecular flexibility index (Phi) is 6.09. The molecule has 0 radical (unpaired) electrons. The summed E-state index contributed by atoms with van der Waals surface area (Å²) >= 11 is 11.3. The predicted molar refractivity (Wildman–Crippen MR) is 132 cm³/mol. The number of hydrogen-bond acceptors (Lipinski definition) is 7. The fourth-order valence-corrected chi connectivity index (χ4v) is 5.68. The van der Waals surface area contributed by atoms with Gasteiger partial charge in [-0.1, -0.05) is 57.1 Å². The summed E-state index contributed by atoms with van der Waals surface area (Å²) < 4.78 is 18.9. The van der Waals surface area contributed by atoms with Gasteiger partial charge < -0.3 is 14.2 Å². The van der Waals surface area contributed by atoms with Gasteiger partial charge in [0.1, 0.15) is 6.04 Å². The van der Waals surface area contributed by atoms with E-state index in [1.54, 1.807) is 44.2 Å². The van der Waals surface area contributed by atoms with Crippen LogP contribution in [0.15, 0.2) is 61.9 Å². The molecule has 34 heavy (non-hydrogen) atoms. The minimum absolute atomic E-state index is 0.154. The van der Waals surface area contributed by atoms with Crippen LogP contribution in [0.1, 0.15) is 31.0 Å². The first-order valence-corrected chi connectivity index (χ1v) is 12.4. The second kappa shape index (κ2) is 9.05. The number of halogens is 2. The quantitative estimate of drug-likeness (QED) is 0.451. The number of fused-ring (bicyclic) bond motifs is 2. The van der Waals surface area contributed by atoms with Crippen LogP contribution in [0.2, 0.25) is 5.02 Å². The summed E-state index contributed by atoms with van der Waals surface area (Å²) in [6, 6.07) is 10.0. The monoisotopic (exact) mass is 560 g/mol. The highest BCUT2D eigenvalue weighted by atomic mass is 79.9. The van der Waals surface area contributed by atoms with Gasteiger partial charge in [0.25, 0.3) is 5.56 Å². The first-order chi connectivity index (χ1) is 16.4. The first kappa shape index (κ1) is 22.9. The Bertz CT molecular complexity index is 1540. The van der Waals surface area contributed by atoms with Crippen LogP contribution < -0.4 is 24.4 Å². The molecule has 0 bridgehead atoms. The summed E-state index contributed by atoms with van der Waals surface area (Å²) in [7, 11) is 0. The number of esters is 1. The highest BCUT2D eigenvalue weighted by molar-refractivity contribution is 9.10. The minimum atomic E-state index is -0.758. The lowest BCUT2D eigenvalue weighted by atomic mass is 9.96. The molecular weight excluding hydrogens is 544 g/mol. The van der Waals surface area contributed by atoms with E-state index in [9.17, 15) is 9.59 Å². The van der Waals surface area contributed by atoms with Gasteiger partial charge in [0.2, 0.25) is 6.79 Å². The van der Waals surface area contributed by atoms with Crippen molar-refractivity contribution in [3.8, 4) is 11.5 Å². The van der Waals surface area contributed by atoms with Crippen molar-refractivity contribution in [2.45, 2.75) is 19.9 Å². The lowest BCUT2D eigenvalue weighted by Gasteiger charge is -2.25. The number of nitrogens with zero attached hydrogens (tertiary/aromatic N) is 2. The molecule has 7 nitrogen and oxygen atoms in total. The fourth-order valence-electron chi connectivity index (χ4n) is 3.97. The van der Waals surface area contributed by atoms with Gasteiger partial charge in [-0.25, -0.2) is 9.79 Å². The van der Waals surface area contributed by atoms with E-state index in [2.05, 4.69) is 20.9 Å². The molecule has 0 amide bonds. The van der Waals surface area contributed by atoms with E-state index in [0.717, 1.165) is 10.0 Å². The first-order valence-electron chi connectivity index (χ1n) is 10.4. The largest absolute Gasteiger partial charge is 0.463 e. The van der Waals surface area contributed by atoms with Crippen molar-refractivity contribution < 1.29 is 19.0 Å². The summed E-state index contributed by atoms with van der Waals surface area (Å²) in [5, 5.41) is 0.442. The molecule has 0 saturated carbocycles. The molecular formula is C24H18BrClN2O5S. The molecule has 2 aliphatic rings. The molecule has 1 atom stereocenters. The number of thiazole rings is 1. The lowest BCUT2D eigenvalue weighted by molar-refractivity contribution is -0.139. The van der Waals surface area contributed by atoms with Crippen LogP contribution >= 0.6 is 38.9 Å². The van der Waals surface area contributed by atoms with Crippen LogP contribution in [0.3, 0.4) is 0 Å². The number of rotatable bonds is 4. The third-order valence-electron chi connectivity index (χ3n) is 5.50. The molecule has 0 N–H and O–H groups in total. The molecule has 174 valence electrons. The molecule has 1 aromatic heterocycles. The van der Waals surface area contributed by atoms with E-state index >= 15 is 0 Å². The maximum absolute atomic E-state index is 13.7. The summed E-state index contributed by atoms with van der Waals surface area (Å²) in [6.45, 7) is 3.83. The van der Waals surface area contributed by atoms with Gasteiger partial charge in [0.05, 0.1) is 22.4 Å². The maximum Gasteiger partial charge on any atom is 0.338 e. The fraction of sp³-hybridized carbons (Fsp3) is 0.208. The smallest absolute Gasteiger partial charge is 0.338 e. The molecule has 3 heterocycles. The summed E-state index contributed by atoms with van der Waals surface area (Å²) in [5.74, 6) is 0.719. The number of carbonyl (C=O) groups excluding carboxylic acids is 1. The SMILES string of the molecule is CCOC(=O)C1=C(C)N=c2sc(=Cc3cc4c(cc3Br)OCO4)c(=O)n2C1c1ccccc1Cl. The zero-order valence-corrected chi connectivity index (χ0v) is 21.3. The Hall–Kier alpha value is -2.88. The highest BCUT2D eigenvalue weighted by Crippen LogP contribution is 2.37. The number of allylic oxidation sites excluding steroid dienone is 1. The van der Waals surface area contributed by atoms with Gasteiger partial charge in [0, 0.05) is 9.50 Å². The average Bonchev–Trinajstić information content (AvgIpc) is 3.37. The van der Waals surface area contributed by atoms with Crippen LogP contribution in [0, 0.1) is 0 Å². The van der Waals surface area contributed by atoms with E-state index in [-0.39, 0.29) is 24.5 Å². The van der Waals surface area contributed by atoms with Crippen LogP contribution in [-0.2, 0) is 9.53 Å². The van der Waals surface area contributed by atoms with Gasteiger partial charge >= 0.3 is 5.97 Å². The third kappa shape index (κ3) is 3.87. The molecule has 0 aliphatic carbocycles. The Morgan fingerprint density at radius 2 is 2.06 bits per heavy atom. The maximum atomic E-state index is 13.7. The molecule has 1 unspecified atom stereocenters. The molecule has 3 aromatic rings. The lowest BCUT2D eigenvalue weighted by Crippen LogP contribution is -2.40. The minimum Gasteiger partial charge on any atom is -0.463 e. The predicted octanol–water partition coefficient (Wildman–Crippen LogP) is 3.94. The third-order valence-corrected chi connectivity index (χ3v) is 7.51. The van der Waals surface area contributed by atoms with Crippen molar-refractivity contribution in [1.82, 2.24) is 4.57 Å². The standard InChI is InChI=1S/C24H18BrClN2O5S/c1-3-31-23(30)20-12(2)27-24-28(21(20)14-6-4-5-7-16(14)26)22(29)19(34-24)9-13-8-17-18(10-15(13)25)33-11-32-17/h4-10,21H,3,11H2,1-2H3. The van der Waals surface area contributed by atoms with Gasteiger partial charge in [-0.2, -0.15) is 0 Å². The second-order valence-electron chi connectivity index (χ2n) is 7.55. The highest BCUT2D eigenvalue weighted by Gasteiger charge is 2.34. The Morgan fingerprint density at radius 1 is 1.32 bits per heavy atom. The van der Waals surface area contributed by atoms with Crippen molar-refractivity contribution >= 4 is 50.9 Å². The number of hydrogen-bond donors (Lipinski definition) is 0. The zero-order chi connectivity index (χ0) is 24.0. The number of carbonyl (C=O) groups is 1. The Labute approximate surface area is 211 Å². The van der Waals surface area contributed by atoms with Crippen molar-refractivity contribution in [3.63, 3.8) is 0 Å². The average molecular weight is 562 g/mol. The molecule has 0 spiro atoms. The molecule has 2 aliphatic heterocycles. The number of aromatic nitrogens is 1. The second-order valence-corrected chi connectivity index (χ2v) is 9.82. The van der Waals surface area contributed by atoms with Crippen LogP contribution in [0.5, 0.6) is 11.5 Å². The van der Waals surface area contributed by atoms with Crippen molar-refractivity contribution in [3.05, 3.63) is 88.0 Å². The normalized spacial score (nSPS) is 16.9. The summed E-state index contributed by atoms with van der Waals surface area (Å²) in [4.78, 5) is 31.7. The Morgan fingerprint density at radius 3 is 2.79 bits per heavy atom. The van der Waals surface area contributed by atoms with Crippen molar-refractivity contribution in [2.24, 2.45) is 4.99 Å². The van der Waals surface area contributed by atoms with E-state index < -0.39 is 12.0 Å². The zero-order valence-electron chi connectivity index (χ0n) is 18.1. The van der Waals surface area contributed by atoms with Gasteiger partial charge in [-0.05, 0) is 49.2 Å². The molecule has 5 rings (SSSR count). The van der Waals surface area contributed by atoms with E-state index in [4.69, 9.17) is 25.8 Å². The molecule has 0 saturated heterocycles. The van der Waals surface area contributed by atoms with Crippen LogP contribution in [0.25, 0.3) is 6.08 Å². The van der Waals surface area contributed by atoms with Gasteiger partial charge in [-0.3, -0.25) is 9.36 Å². The van der Waals surface area contributed by atoms with Crippen LogP contribution in [-0.4, -0.2) is 23.9 Å². The molecule has 0 fully saturated rings. The number of benzene rings is 2. The van der Waals surface area contributed by atoms with E-state index in [1.165, 1.54) is 15.9 Å². The van der Waals surface area contributed by atoms with Crippen LogP contribution in [0.4, 0.5) is 0 Å². The van der Waals surface area contributed by atoms with Crippen molar-refractivity contribution in [1.29, 1.82) is 0 Å². The molecule has 2 aromatic carbocycles.